The summed E-state index contributed by atoms with van der Waals surface area (Å²) in [4.78, 5) is 0. The van der Waals surface area contributed by atoms with Gasteiger partial charge in [0.1, 0.15) is 11.5 Å². The molecule has 5 heteroatoms. The molecule has 1 aromatic rings. The van der Waals surface area contributed by atoms with Gasteiger partial charge in [0.2, 0.25) is 0 Å². The van der Waals surface area contributed by atoms with Gasteiger partial charge in [-0.1, -0.05) is 0 Å². The van der Waals surface area contributed by atoms with Gasteiger partial charge < -0.3 is 9.73 Å². The number of hydrogen-bond donors (Lipinski definition) is 1. The van der Waals surface area contributed by atoms with Gasteiger partial charge >= 0.3 is 0 Å². The molecule has 0 spiro atoms. The number of aryl methyl sites for hydroxylation is 2. The van der Waals surface area contributed by atoms with Crippen LogP contribution in [0.2, 0.25) is 0 Å². The Labute approximate surface area is 95.9 Å². The maximum atomic E-state index is 11.3. The number of rotatable bonds is 3. The van der Waals surface area contributed by atoms with Crippen LogP contribution in [0.4, 0.5) is 0 Å². The smallest absolute Gasteiger partial charge is 0.151 e. The van der Waals surface area contributed by atoms with E-state index in [2.05, 4.69) is 5.32 Å². The molecule has 90 valence electrons. The van der Waals surface area contributed by atoms with Gasteiger partial charge in [0.05, 0.1) is 11.5 Å². The van der Waals surface area contributed by atoms with Gasteiger partial charge in [-0.3, -0.25) is 0 Å². The van der Waals surface area contributed by atoms with E-state index in [4.69, 9.17) is 4.42 Å². The van der Waals surface area contributed by atoms with Crippen molar-refractivity contribution < 1.29 is 12.8 Å². The van der Waals surface area contributed by atoms with Gasteiger partial charge in [-0.05, 0) is 26.3 Å². The zero-order valence-electron chi connectivity index (χ0n) is 9.62. The predicted molar refractivity (Wildman–Crippen MR) is 62.1 cm³/mol. The highest BCUT2D eigenvalue weighted by Crippen LogP contribution is 2.16. The van der Waals surface area contributed by atoms with Gasteiger partial charge in [-0.2, -0.15) is 0 Å². The standard InChI is InChI=1S/C11H17NO3S/c1-8-5-10(9(2)15-8)6-12-11-3-4-16(13,14)7-11/h5,11-12H,3-4,6-7H2,1-2H3. The molecule has 1 atom stereocenters. The zero-order chi connectivity index (χ0) is 11.8. The molecule has 0 radical (unpaired) electrons. The molecule has 0 saturated carbocycles. The third-order valence-corrected chi connectivity index (χ3v) is 4.73. The molecular weight excluding hydrogens is 226 g/mol. The summed E-state index contributed by atoms with van der Waals surface area (Å²) >= 11 is 0. The first-order valence-corrected chi connectivity index (χ1v) is 7.28. The van der Waals surface area contributed by atoms with Crippen molar-refractivity contribution in [1.29, 1.82) is 0 Å². The van der Waals surface area contributed by atoms with E-state index in [-0.39, 0.29) is 11.8 Å². The SMILES string of the molecule is Cc1cc(CNC2CCS(=O)(=O)C2)c(C)o1. The Balaban J connectivity index is 1.91. The second-order valence-electron chi connectivity index (χ2n) is 4.42. The molecule has 1 aliphatic rings. The van der Waals surface area contributed by atoms with E-state index in [9.17, 15) is 8.42 Å². The lowest BCUT2D eigenvalue weighted by molar-refractivity contribution is 0.494. The molecule has 0 amide bonds. The Morgan fingerprint density at radius 2 is 2.25 bits per heavy atom. The second kappa shape index (κ2) is 4.22. The Morgan fingerprint density at radius 3 is 2.75 bits per heavy atom. The molecule has 0 bridgehead atoms. The van der Waals surface area contributed by atoms with Crippen LogP contribution in [0.15, 0.2) is 10.5 Å². The van der Waals surface area contributed by atoms with E-state index in [1.54, 1.807) is 0 Å². The summed E-state index contributed by atoms with van der Waals surface area (Å²) in [6, 6.07) is 2.09. The average Bonchev–Trinajstić information content (AvgIpc) is 2.66. The highest BCUT2D eigenvalue weighted by atomic mass is 32.2. The van der Waals surface area contributed by atoms with Crippen LogP contribution in [0, 0.1) is 13.8 Å². The molecule has 16 heavy (non-hydrogen) atoms. The lowest BCUT2D eigenvalue weighted by Gasteiger charge is -2.09. The van der Waals surface area contributed by atoms with Crippen LogP contribution >= 0.6 is 0 Å². The van der Waals surface area contributed by atoms with Crippen LogP contribution < -0.4 is 5.32 Å². The first-order chi connectivity index (χ1) is 7.46. The fourth-order valence-electron chi connectivity index (χ4n) is 2.07. The lowest BCUT2D eigenvalue weighted by Crippen LogP contribution is -2.29. The summed E-state index contributed by atoms with van der Waals surface area (Å²) in [5.74, 6) is 2.39. The monoisotopic (exact) mass is 243 g/mol. The third kappa shape index (κ3) is 2.65. The van der Waals surface area contributed by atoms with Crippen molar-refractivity contribution in [3.05, 3.63) is 23.2 Å². The lowest BCUT2D eigenvalue weighted by atomic mass is 10.2. The third-order valence-electron chi connectivity index (χ3n) is 2.96. The molecule has 1 unspecified atom stereocenters. The largest absolute Gasteiger partial charge is 0.466 e. The summed E-state index contributed by atoms with van der Waals surface area (Å²) < 4.78 is 27.9. The number of sulfone groups is 1. The first kappa shape index (κ1) is 11.7. The highest BCUT2D eigenvalue weighted by Gasteiger charge is 2.27. The topological polar surface area (TPSA) is 59.3 Å². The summed E-state index contributed by atoms with van der Waals surface area (Å²) in [5, 5.41) is 3.27. The Morgan fingerprint density at radius 1 is 1.50 bits per heavy atom. The van der Waals surface area contributed by atoms with Crippen molar-refractivity contribution in [3.63, 3.8) is 0 Å². The minimum atomic E-state index is -2.79. The molecule has 0 aromatic carbocycles. The summed E-state index contributed by atoms with van der Waals surface area (Å²) in [7, 11) is -2.79. The summed E-state index contributed by atoms with van der Waals surface area (Å²) in [6.07, 6.45) is 0.720. The first-order valence-electron chi connectivity index (χ1n) is 5.46. The Hall–Kier alpha value is -0.810. The minimum absolute atomic E-state index is 0.0969. The summed E-state index contributed by atoms with van der Waals surface area (Å²) in [5.41, 5.74) is 1.11. The van der Waals surface area contributed by atoms with Crippen molar-refractivity contribution in [1.82, 2.24) is 5.32 Å². The van der Waals surface area contributed by atoms with Gasteiger partial charge in [0, 0.05) is 18.2 Å². The molecule has 1 aliphatic heterocycles. The molecule has 2 rings (SSSR count). The van der Waals surface area contributed by atoms with Gasteiger partial charge in [0.25, 0.3) is 0 Å². The molecule has 1 saturated heterocycles. The van der Waals surface area contributed by atoms with Crippen LogP contribution in [-0.4, -0.2) is 26.0 Å². The van der Waals surface area contributed by atoms with Crippen LogP contribution in [0.1, 0.15) is 23.5 Å². The maximum absolute atomic E-state index is 11.3. The van der Waals surface area contributed by atoms with Gasteiger partial charge in [0.15, 0.2) is 9.84 Å². The number of furan rings is 1. The van der Waals surface area contributed by atoms with Gasteiger partial charge in [-0.15, -0.1) is 0 Å². The van der Waals surface area contributed by atoms with Crippen molar-refractivity contribution in [2.45, 2.75) is 32.9 Å². The van der Waals surface area contributed by atoms with Crippen molar-refractivity contribution in [2.24, 2.45) is 0 Å². The molecule has 1 N–H and O–H groups in total. The number of nitrogens with one attached hydrogen (secondary N) is 1. The average molecular weight is 243 g/mol. The summed E-state index contributed by atoms with van der Waals surface area (Å²) in [6.45, 7) is 4.52. The van der Waals surface area contributed by atoms with E-state index in [1.807, 2.05) is 19.9 Å². The quantitative estimate of drug-likeness (QED) is 0.866. The van der Waals surface area contributed by atoms with Crippen molar-refractivity contribution in [3.8, 4) is 0 Å². The Kier molecular flexibility index (Phi) is 3.08. The Bertz CT molecular complexity index is 475. The van der Waals surface area contributed by atoms with Crippen LogP contribution in [0.5, 0.6) is 0 Å². The van der Waals surface area contributed by atoms with Gasteiger partial charge in [-0.25, -0.2) is 8.42 Å². The molecule has 4 nitrogen and oxygen atoms in total. The zero-order valence-corrected chi connectivity index (χ0v) is 10.4. The van der Waals surface area contributed by atoms with E-state index in [1.165, 1.54) is 0 Å². The van der Waals surface area contributed by atoms with Crippen molar-refractivity contribution in [2.75, 3.05) is 11.5 Å². The van der Waals surface area contributed by atoms with Crippen molar-refractivity contribution >= 4 is 9.84 Å². The van der Waals surface area contributed by atoms with Crippen LogP contribution in [0.25, 0.3) is 0 Å². The fourth-order valence-corrected chi connectivity index (χ4v) is 3.78. The number of hydrogen-bond acceptors (Lipinski definition) is 4. The highest BCUT2D eigenvalue weighted by molar-refractivity contribution is 7.91. The molecule has 2 heterocycles. The second-order valence-corrected chi connectivity index (χ2v) is 6.65. The fraction of sp³-hybridized carbons (Fsp3) is 0.636. The molecule has 1 aromatic heterocycles. The van der Waals surface area contributed by atoms with E-state index in [0.29, 0.717) is 12.3 Å². The maximum Gasteiger partial charge on any atom is 0.151 e. The molecule has 1 fully saturated rings. The minimum Gasteiger partial charge on any atom is -0.466 e. The van der Waals surface area contributed by atoms with E-state index in [0.717, 1.165) is 23.5 Å². The molecular formula is C11H17NO3S. The van der Waals surface area contributed by atoms with Crippen LogP contribution in [0.3, 0.4) is 0 Å². The predicted octanol–water partition coefficient (Wildman–Crippen LogP) is 1.17. The van der Waals surface area contributed by atoms with E-state index >= 15 is 0 Å². The molecule has 0 aliphatic carbocycles. The normalized spacial score (nSPS) is 23.8. The van der Waals surface area contributed by atoms with E-state index < -0.39 is 9.84 Å². The van der Waals surface area contributed by atoms with Crippen LogP contribution in [-0.2, 0) is 16.4 Å².